The molecular formula is C114H126N2O8. The minimum Gasteiger partial charge on any atom is -0.457 e. The molecule has 0 unspecified atom stereocenters. The van der Waals surface area contributed by atoms with E-state index in [0.29, 0.717) is 123 Å². The summed E-state index contributed by atoms with van der Waals surface area (Å²) in [7, 11) is 0. The summed E-state index contributed by atoms with van der Waals surface area (Å²) >= 11 is 0. The molecule has 14 aromatic carbocycles. The smallest absolute Gasteiger partial charge is 0.266 e. The fourth-order valence-electron chi connectivity index (χ4n) is 22.3. The number of ether oxygens (including phenoxy) is 4. The Balaban J connectivity index is 1.06. The van der Waals surface area contributed by atoms with Crippen molar-refractivity contribution in [2.24, 2.45) is 21.7 Å². The minimum atomic E-state index is -0.458. The van der Waals surface area contributed by atoms with E-state index in [9.17, 15) is 0 Å². The molecule has 2 aliphatic rings. The summed E-state index contributed by atoms with van der Waals surface area (Å²) in [5.74, 6) is 1.78. The van der Waals surface area contributed by atoms with Crippen LogP contribution in [0.5, 0.6) is 46.0 Å². The van der Waals surface area contributed by atoms with Gasteiger partial charge in [0, 0.05) is 43.1 Å². The summed E-state index contributed by atoms with van der Waals surface area (Å²) in [4.78, 5) is 69.7. The van der Waals surface area contributed by atoms with E-state index in [1.807, 2.05) is 109 Å². The van der Waals surface area contributed by atoms with Crippen molar-refractivity contribution in [1.29, 1.82) is 0 Å². The Morgan fingerprint density at radius 2 is 0.435 bits per heavy atom. The van der Waals surface area contributed by atoms with Gasteiger partial charge < -0.3 is 18.9 Å². The maximum absolute atomic E-state index is 16.7. The second kappa shape index (κ2) is 30.4. The van der Waals surface area contributed by atoms with Crippen molar-refractivity contribution in [3.05, 3.63) is 249 Å². The molecule has 0 radical (unpaired) electrons. The summed E-state index contributed by atoms with van der Waals surface area (Å²) < 4.78 is 30.5. The first kappa shape index (κ1) is 86.4. The first-order chi connectivity index (χ1) is 57.9. The van der Waals surface area contributed by atoms with Gasteiger partial charge in [-0.2, -0.15) is 0 Å². The Labute approximate surface area is 735 Å². The van der Waals surface area contributed by atoms with Gasteiger partial charge >= 0.3 is 0 Å². The number of benzene rings is 14. The zero-order valence-electron chi connectivity index (χ0n) is 78.6. The van der Waals surface area contributed by atoms with Crippen LogP contribution in [-0.4, -0.2) is 23.6 Å². The number of fused-ring (bicyclic) bond motifs is 4. The van der Waals surface area contributed by atoms with Crippen LogP contribution in [-0.2, 0) is 21.7 Å². The first-order valence-corrected chi connectivity index (χ1v) is 45.0. The summed E-state index contributed by atoms with van der Waals surface area (Å²) in [5.41, 5.74) is 10.0. The molecule has 0 fully saturated rings. The van der Waals surface area contributed by atoms with Crippen molar-refractivity contribution in [2.45, 2.75) is 265 Å². The van der Waals surface area contributed by atoms with Crippen molar-refractivity contribution < 1.29 is 38.1 Å². The predicted octanol–water partition coefficient (Wildman–Crippen LogP) is 32.8. The molecule has 640 valence electrons. The van der Waals surface area contributed by atoms with Crippen LogP contribution in [0.3, 0.4) is 0 Å². The molecule has 0 N–H and O–H groups in total. The monoisotopic (exact) mass is 1650 g/mol. The largest absolute Gasteiger partial charge is 0.457 e. The highest BCUT2D eigenvalue weighted by molar-refractivity contribution is 6.49. The molecule has 124 heavy (non-hydrogen) atoms. The number of para-hydroxylation sites is 2. The van der Waals surface area contributed by atoms with Crippen LogP contribution in [0.1, 0.15) is 329 Å². The lowest BCUT2D eigenvalue weighted by atomic mass is 9.72. The Bertz CT molecular complexity index is 5860. The fraction of sp³-hybridized carbons (Fsp3) is 0.386. The third kappa shape index (κ3) is 15.4. The summed E-state index contributed by atoms with van der Waals surface area (Å²) in [6, 6.07) is 62.0. The number of hydrogen-bond donors (Lipinski definition) is 0. The van der Waals surface area contributed by atoms with Gasteiger partial charge in [-0.15, -0.1) is 0 Å². The highest BCUT2D eigenvalue weighted by atomic mass is 16.5. The summed E-state index contributed by atoms with van der Waals surface area (Å²) in [5, 5.41) is 9.71. The van der Waals surface area contributed by atoms with Crippen LogP contribution >= 0.6 is 0 Å². The van der Waals surface area contributed by atoms with Gasteiger partial charge in [0.1, 0.15) is 46.0 Å². The van der Waals surface area contributed by atoms with Crippen molar-refractivity contribution in [2.75, 3.05) is 9.80 Å². The topological polar surface area (TPSA) is 112 Å². The fourth-order valence-corrected chi connectivity index (χ4v) is 22.3. The molecule has 4 amide bonds. The first-order valence-electron chi connectivity index (χ1n) is 45.0. The lowest BCUT2D eigenvalue weighted by Gasteiger charge is -2.34. The van der Waals surface area contributed by atoms with Gasteiger partial charge in [0.05, 0.1) is 33.6 Å². The number of carbonyl (C=O) groups is 4. The second-order valence-corrected chi connectivity index (χ2v) is 44.8. The van der Waals surface area contributed by atoms with Gasteiger partial charge in [0.2, 0.25) is 0 Å². The average molecular weight is 1650 g/mol. The van der Waals surface area contributed by atoms with Crippen molar-refractivity contribution >= 4 is 110 Å². The Morgan fingerprint density at radius 3 is 0.613 bits per heavy atom. The molecular weight excluding hydrogens is 1530 g/mol. The van der Waals surface area contributed by atoms with Crippen LogP contribution in [0.25, 0.3) is 75.4 Å². The van der Waals surface area contributed by atoms with Gasteiger partial charge in [0.25, 0.3) is 23.6 Å². The van der Waals surface area contributed by atoms with Crippen LogP contribution in [0.2, 0.25) is 0 Å². The van der Waals surface area contributed by atoms with Crippen LogP contribution in [0.4, 0.5) is 11.4 Å². The van der Waals surface area contributed by atoms with E-state index in [4.69, 9.17) is 18.9 Å². The number of amides is 4. The second-order valence-electron chi connectivity index (χ2n) is 44.8. The molecule has 0 atom stereocenters. The van der Waals surface area contributed by atoms with Gasteiger partial charge in [-0.05, 0) is 242 Å². The summed E-state index contributed by atoms with van der Waals surface area (Å²) in [6.45, 7) is 62.6. The van der Waals surface area contributed by atoms with Crippen LogP contribution in [0.15, 0.2) is 182 Å². The SMILES string of the molecule is CC(C)c1cccc(C(C)C)c1N1C(=O)c2cc(Oc3ccc(C(C)(C)CC(C)(C)C)cc3)c3c4ccc5c6c(Oc7ccc(C(C)(C)CC(C)(C)C)cc7)cc7c8c(cc(Oc9ccc(C(C)(C)CC(C)(C)C)cc9)c(c9ccc(c%10c(Oc%11ccc(C(C)(C)CC(C)(C)C)cc%11)cc(c2c3%10)C1=O)c4c59)c86)C(=O)N(c1c(C(C)C)cccc1C(C)C)C7=O. The molecule has 2 aliphatic heterocycles. The maximum atomic E-state index is 16.7. The quantitative estimate of drug-likeness (QED) is 0.0375. The number of anilines is 2. The van der Waals surface area contributed by atoms with E-state index in [0.717, 1.165) is 103 Å². The molecule has 0 spiro atoms. The Kier molecular flexibility index (Phi) is 21.2. The Hall–Kier alpha value is -11.1. The highest BCUT2D eigenvalue weighted by Gasteiger charge is 2.45. The molecule has 0 saturated heterocycles. The van der Waals surface area contributed by atoms with E-state index in [-0.39, 0.29) is 67.0 Å². The standard InChI is InChI=1S/C114H126N2O8/c1-63(2)75-31-29-32-76(64(3)4)101(75)115-103(117)83-55-87(121-71-43-35-67(36-44-71)111(21,22)59-107(9,10)11)95-79-51-53-81-92-82(54-52-80(91(79)92)96-88(56-84(104(115)118)93(83)99(95)96)122-72-45-37-68(38-46-72)112(23,24)60-108(12,13)14)98-90(124-74-49-41-70(42-50-74)114(27,28)62-110(18,19)20)58-86-94-85(105(119)116(106(86)120)102-77(65(5)6)33-30-34-78(102)66(7)8)57-89(97(81)100(94)98)123-73-47-39-69(40-48-73)113(25,26)61-109(15,16)17/h29-58,63-66H,59-62H2,1-28H3. The van der Waals surface area contributed by atoms with Crippen LogP contribution < -0.4 is 28.7 Å². The van der Waals surface area contributed by atoms with E-state index in [1.54, 1.807) is 0 Å². The number of rotatable bonds is 22. The molecule has 10 heteroatoms. The molecule has 10 nitrogen and oxygen atoms in total. The van der Waals surface area contributed by atoms with Gasteiger partial charge in [-0.3, -0.25) is 19.2 Å². The van der Waals surface area contributed by atoms with Crippen molar-refractivity contribution in [3.8, 4) is 46.0 Å². The molecule has 0 aliphatic carbocycles. The number of hydrogen-bond acceptors (Lipinski definition) is 8. The Morgan fingerprint density at radius 1 is 0.242 bits per heavy atom. The molecule has 16 rings (SSSR count). The van der Waals surface area contributed by atoms with Crippen molar-refractivity contribution in [3.63, 3.8) is 0 Å². The van der Waals surface area contributed by atoms with Gasteiger partial charge in [0.15, 0.2) is 0 Å². The number of carbonyl (C=O) groups excluding carboxylic acids is 4. The van der Waals surface area contributed by atoms with E-state index < -0.39 is 23.6 Å². The molecule has 0 saturated carbocycles. The third-order valence-electron chi connectivity index (χ3n) is 26.1. The molecule has 14 aromatic rings. The zero-order valence-corrected chi connectivity index (χ0v) is 78.6. The number of nitrogens with zero attached hydrogens (tertiary/aromatic N) is 2. The number of imide groups is 2. The summed E-state index contributed by atoms with van der Waals surface area (Å²) in [6.07, 6.45) is 3.75. The molecule has 0 aromatic heterocycles. The third-order valence-corrected chi connectivity index (χ3v) is 26.1. The van der Waals surface area contributed by atoms with E-state index in [2.05, 4.69) is 267 Å². The van der Waals surface area contributed by atoms with Crippen molar-refractivity contribution in [1.82, 2.24) is 0 Å². The zero-order chi connectivity index (χ0) is 89.4. The van der Waals surface area contributed by atoms with E-state index in [1.165, 1.54) is 9.80 Å². The van der Waals surface area contributed by atoms with E-state index >= 15 is 19.2 Å². The van der Waals surface area contributed by atoms with Gasteiger partial charge in [-0.25, -0.2) is 9.80 Å². The van der Waals surface area contributed by atoms with Crippen LogP contribution in [0, 0.1) is 21.7 Å². The molecule has 2 heterocycles. The normalized spacial score (nSPS) is 14.3. The molecule has 0 bridgehead atoms. The highest BCUT2D eigenvalue weighted by Crippen LogP contribution is 2.60. The lowest BCUT2D eigenvalue weighted by Crippen LogP contribution is -2.42. The average Bonchev–Trinajstić information content (AvgIpc) is 0.667. The predicted molar refractivity (Wildman–Crippen MR) is 517 cm³/mol. The maximum Gasteiger partial charge on any atom is 0.266 e. The van der Waals surface area contributed by atoms with Gasteiger partial charge in [-0.1, -0.05) is 303 Å². The lowest BCUT2D eigenvalue weighted by molar-refractivity contribution is 0.0877. The minimum absolute atomic E-state index is 0.0476.